The first-order valence-electron chi connectivity index (χ1n) is 10.5. The van der Waals surface area contributed by atoms with E-state index in [1.165, 1.54) is 18.4 Å². The molecule has 4 rings (SSSR count). The molecule has 0 bridgehead atoms. The lowest BCUT2D eigenvalue weighted by Crippen LogP contribution is -2.56. The maximum atomic E-state index is 13.0. The van der Waals surface area contributed by atoms with E-state index in [2.05, 4.69) is 11.0 Å². The Morgan fingerprint density at radius 3 is 2.78 bits per heavy atom. The average molecular weight is 387 g/mol. The Labute approximate surface area is 166 Å². The number of hydrogen-bond donors (Lipinski definition) is 0. The summed E-state index contributed by atoms with van der Waals surface area (Å²) < 4.78 is 0. The molecule has 5 heteroatoms. The van der Waals surface area contributed by atoms with Gasteiger partial charge in [0.05, 0.1) is 6.42 Å². The zero-order valence-corrected chi connectivity index (χ0v) is 16.9. The number of amides is 2. The molecule has 4 nitrogen and oxygen atoms in total. The molecule has 2 saturated heterocycles. The molecule has 3 heterocycles. The molecule has 0 spiro atoms. The van der Waals surface area contributed by atoms with Crippen LogP contribution in [-0.4, -0.2) is 47.3 Å². The lowest BCUT2D eigenvalue weighted by atomic mass is 9.83. The molecule has 146 valence electrons. The largest absolute Gasteiger partial charge is 0.342 e. The van der Waals surface area contributed by atoms with E-state index in [1.54, 1.807) is 11.3 Å². The molecule has 2 amide bonds. The van der Waals surface area contributed by atoms with Crippen LogP contribution in [0.15, 0.2) is 29.2 Å². The van der Waals surface area contributed by atoms with E-state index in [0.717, 1.165) is 56.6 Å². The highest BCUT2D eigenvalue weighted by Crippen LogP contribution is 2.32. The van der Waals surface area contributed by atoms with Crippen LogP contribution in [0, 0.1) is 5.92 Å². The molecule has 0 unspecified atom stereocenters. The summed E-state index contributed by atoms with van der Waals surface area (Å²) in [7, 11) is 0. The number of allylic oxidation sites excluding steroid dienone is 1. The molecule has 0 N–H and O–H groups in total. The first-order valence-corrected chi connectivity index (χ1v) is 11.4. The molecule has 2 atom stereocenters. The van der Waals surface area contributed by atoms with Crippen LogP contribution >= 0.6 is 11.3 Å². The smallest absolute Gasteiger partial charge is 0.227 e. The SMILES string of the molecule is O=C(Cc1cccs1)N1CC[C@H]2[C@H](CCCN2C(=O)CC2=CCCCC2)C1. The second kappa shape index (κ2) is 8.59. The van der Waals surface area contributed by atoms with Gasteiger partial charge in [0.1, 0.15) is 0 Å². The van der Waals surface area contributed by atoms with Gasteiger partial charge in [0.25, 0.3) is 0 Å². The number of thiophene rings is 1. The first kappa shape index (κ1) is 18.7. The van der Waals surface area contributed by atoms with Crippen molar-refractivity contribution in [3.05, 3.63) is 34.0 Å². The Morgan fingerprint density at radius 1 is 1.07 bits per heavy atom. The summed E-state index contributed by atoms with van der Waals surface area (Å²) in [5.74, 6) is 1.01. The van der Waals surface area contributed by atoms with Crippen molar-refractivity contribution in [2.24, 2.45) is 5.92 Å². The van der Waals surface area contributed by atoms with Crippen LogP contribution in [0.4, 0.5) is 0 Å². The van der Waals surface area contributed by atoms with E-state index < -0.39 is 0 Å². The molecular weight excluding hydrogens is 356 g/mol. The fraction of sp³-hybridized carbons (Fsp3) is 0.636. The van der Waals surface area contributed by atoms with E-state index in [9.17, 15) is 9.59 Å². The standard InChI is InChI=1S/C22H30N2O2S/c25-21(15-19-9-5-13-27-19)23-12-10-20-18(16-23)8-4-11-24(20)22(26)14-17-6-2-1-3-7-17/h5-6,9,13,18,20H,1-4,7-8,10-12,14-16H2/t18-,20+/m1/s1. The van der Waals surface area contributed by atoms with Gasteiger partial charge in [0.15, 0.2) is 0 Å². The van der Waals surface area contributed by atoms with Crippen LogP contribution < -0.4 is 0 Å². The lowest BCUT2D eigenvalue weighted by Gasteiger charge is -2.47. The third-order valence-corrected chi connectivity index (χ3v) is 7.29. The van der Waals surface area contributed by atoms with Crippen LogP contribution in [0.3, 0.4) is 0 Å². The summed E-state index contributed by atoms with van der Waals surface area (Å²) in [5, 5.41) is 2.03. The minimum atomic E-state index is 0.242. The topological polar surface area (TPSA) is 40.6 Å². The van der Waals surface area contributed by atoms with Crippen molar-refractivity contribution in [1.82, 2.24) is 9.80 Å². The Bertz CT molecular complexity index is 697. The van der Waals surface area contributed by atoms with Crippen molar-refractivity contribution in [2.75, 3.05) is 19.6 Å². The molecule has 0 aromatic carbocycles. The first-order chi connectivity index (χ1) is 13.2. The number of carbonyl (C=O) groups excluding carboxylic acids is 2. The molecule has 1 aromatic heterocycles. The van der Waals surface area contributed by atoms with Gasteiger partial charge in [-0.15, -0.1) is 11.3 Å². The maximum absolute atomic E-state index is 13.0. The van der Waals surface area contributed by atoms with Crippen molar-refractivity contribution in [1.29, 1.82) is 0 Å². The quantitative estimate of drug-likeness (QED) is 0.733. The van der Waals surface area contributed by atoms with Gasteiger partial charge in [0, 0.05) is 37.0 Å². The number of hydrogen-bond acceptors (Lipinski definition) is 3. The summed E-state index contributed by atoms with van der Waals surface area (Å²) in [6.45, 7) is 2.51. The Kier molecular flexibility index (Phi) is 5.96. The van der Waals surface area contributed by atoms with Gasteiger partial charge in [0.2, 0.25) is 11.8 Å². The number of likely N-dealkylation sites (tertiary alicyclic amines) is 2. The fourth-order valence-corrected chi connectivity index (χ4v) is 5.67. The van der Waals surface area contributed by atoms with E-state index in [4.69, 9.17) is 0 Å². The summed E-state index contributed by atoms with van der Waals surface area (Å²) in [6, 6.07) is 4.38. The van der Waals surface area contributed by atoms with Gasteiger partial charge in [-0.2, -0.15) is 0 Å². The number of rotatable bonds is 4. The minimum Gasteiger partial charge on any atom is -0.342 e. The summed E-state index contributed by atoms with van der Waals surface area (Å²) in [5.41, 5.74) is 1.34. The Hall–Kier alpha value is -1.62. The van der Waals surface area contributed by atoms with Gasteiger partial charge in [-0.25, -0.2) is 0 Å². The van der Waals surface area contributed by atoms with Crippen LogP contribution in [0.25, 0.3) is 0 Å². The van der Waals surface area contributed by atoms with Crippen LogP contribution in [0.2, 0.25) is 0 Å². The average Bonchev–Trinajstić information content (AvgIpc) is 3.20. The number of fused-ring (bicyclic) bond motifs is 1. The molecule has 0 radical (unpaired) electrons. The van der Waals surface area contributed by atoms with Gasteiger partial charge >= 0.3 is 0 Å². The number of carbonyl (C=O) groups is 2. The van der Waals surface area contributed by atoms with Gasteiger partial charge in [-0.1, -0.05) is 17.7 Å². The molecule has 3 aliphatic rings. The number of piperidine rings is 2. The third kappa shape index (κ3) is 4.45. The van der Waals surface area contributed by atoms with Crippen molar-refractivity contribution in [2.45, 2.75) is 63.8 Å². The number of nitrogens with zero attached hydrogens (tertiary/aromatic N) is 2. The van der Waals surface area contributed by atoms with E-state index in [1.807, 2.05) is 22.4 Å². The van der Waals surface area contributed by atoms with Crippen molar-refractivity contribution in [3.63, 3.8) is 0 Å². The molecule has 27 heavy (non-hydrogen) atoms. The second-order valence-corrected chi connectivity index (χ2v) is 9.26. The van der Waals surface area contributed by atoms with Crippen LogP contribution in [-0.2, 0) is 16.0 Å². The molecular formula is C22H30N2O2S. The Morgan fingerprint density at radius 2 is 2.00 bits per heavy atom. The normalized spacial score (nSPS) is 25.7. The van der Waals surface area contributed by atoms with E-state index in [-0.39, 0.29) is 5.91 Å². The van der Waals surface area contributed by atoms with Crippen LogP contribution in [0.1, 0.15) is 56.2 Å². The van der Waals surface area contributed by atoms with E-state index >= 15 is 0 Å². The van der Waals surface area contributed by atoms with Crippen molar-refractivity contribution in [3.8, 4) is 0 Å². The maximum Gasteiger partial charge on any atom is 0.227 e. The monoisotopic (exact) mass is 386 g/mol. The van der Waals surface area contributed by atoms with Gasteiger partial charge < -0.3 is 9.80 Å². The van der Waals surface area contributed by atoms with Crippen molar-refractivity contribution < 1.29 is 9.59 Å². The van der Waals surface area contributed by atoms with Gasteiger partial charge in [-0.3, -0.25) is 9.59 Å². The predicted molar refractivity (Wildman–Crippen MR) is 109 cm³/mol. The highest BCUT2D eigenvalue weighted by atomic mass is 32.1. The summed E-state index contributed by atoms with van der Waals surface area (Å²) in [6.07, 6.45) is 11.3. The second-order valence-electron chi connectivity index (χ2n) is 8.23. The zero-order chi connectivity index (χ0) is 18.6. The molecule has 2 aliphatic heterocycles. The predicted octanol–water partition coefficient (Wildman–Crippen LogP) is 4.02. The summed E-state index contributed by atoms with van der Waals surface area (Å²) in [4.78, 5) is 31.0. The third-order valence-electron chi connectivity index (χ3n) is 6.41. The Balaban J connectivity index is 1.35. The summed E-state index contributed by atoms with van der Waals surface area (Å²) >= 11 is 1.65. The zero-order valence-electron chi connectivity index (χ0n) is 16.1. The molecule has 1 aliphatic carbocycles. The molecule has 0 saturated carbocycles. The van der Waals surface area contributed by atoms with Crippen LogP contribution in [0.5, 0.6) is 0 Å². The highest BCUT2D eigenvalue weighted by Gasteiger charge is 2.39. The molecule has 2 fully saturated rings. The highest BCUT2D eigenvalue weighted by molar-refractivity contribution is 7.10. The minimum absolute atomic E-state index is 0.242. The fourth-order valence-electron chi connectivity index (χ4n) is 4.97. The van der Waals surface area contributed by atoms with Gasteiger partial charge in [-0.05, 0) is 62.3 Å². The van der Waals surface area contributed by atoms with E-state index in [0.29, 0.717) is 30.7 Å². The molecule has 1 aromatic rings. The lowest BCUT2D eigenvalue weighted by molar-refractivity contribution is -0.141. The van der Waals surface area contributed by atoms with Crippen molar-refractivity contribution >= 4 is 23.2 Å².